The molecule has 1 aromatic heterocycles. The quantitative estimate of drug-likeness (QED) is 0.927. The van der Waals surface area contributed by atoms with E-state index in [4.69, 9.17) is 9.26 Å². The Morgan fingerprint density at radius 3 is 2.80 bits per heavy atom. The molecular formula is C15H19N3O2. The van der Waals surface area contributed by atoms with Crippen LogP contribution in [-0.4, -0.2) is 23.8 Å². The molecule has 2 aromatic rings. The summed E-state index contributed by atoms with van der Waals surface area (Å²) in [4.78, 5) is 4.52. The van der Waals surface area contributed by atoms with Crippen LogP contribution in [0.1, 0.15) is 42.8 Å². The van der Waals surface area contributed by atoms with E-state index in [0.29, 0.717) is 17.6 Å². The summed E-state index contributed by atoms with van der Waals surface area (Å²) in [6.07, 6.45) is 0.847. The van der Waals surface area contributed by atoms with E-state index in [1.807, 2.05) is 30.3 Å². The van der Waals surface area contributed by atoms with Gasteiger partial charge in [-0.1, -0.05) is 42.4 Å². The first kappa shape index (κ1) is 13.3. The minimum Gasteiger partial charge on any atom is -0.369 e. The summed E-state index contributed by atoms with van der Waals surface area (Å²) in [5.74, 6) is 1.75. The first-order valence-electron chi connectivity index (χ1n) is 6.94. The summed E-state index contributed by atoms with van der Waals surface area (Å²) in [5, 5.41) is 7.49. The van der Waals surface area contributed by atoms with Crippen molar-refractivity contribution in [2.75, 3.05) is 13.7 Å². The zero-order valence-electron chi connectivity index (χ0n) is 11.7. The average Bonchev–Trinajstić information content (AvgIpc) is 3.10. The maximum atomic E-state index is 5.52. The van der Waals surface area contributed by atoms with Gasteiger partial charge in [0.05, 0.1) is 6.04 Å². The molecule has 3 rings (SSSR count). The van der Waals surface area contributed by atoms with Crippen molar-refractivity contribution in [3.05, 3.63) is 47.6 Å². The summed E-state index contributed by atoms with van der Waals surface area (Å²) in [7, 11) is 1.66. The van der Waals surface area contributed by atoms with Gasteiger partial charge in [-0.05, 0) is 24.4 Å². The Kier molecular flexibility index (Phi) is 3.80. The number of benzene rings is 1. The Morgan fingerprint density at radius 2 is 2.15 bits per heavy atom. The van der Waals surface area contributed by atoms with Crippen molar-refractivity contribution in [2.45, 2.75) is 25.5 Å². The fourth-order valence-electron chi connectivity index (χ4n) is 2.66. The third kappa shape index (κ3) is 2.46. The number of hydrogen-bond acceptors (Lipinski definition) is 5. The van der Waals surface area contributed by atoms with Gasteiger partial charge in [0.25, 0.3) is 0 Å². The zero-order valence-corrected chi connectivity index (χ0v) is 11.7. The number of nitrogens with one attached hydrogen (secondary N) is 1. The highest BCUT2D eigenvalue weighted by Gasteiger charge is 2.30. The lowest BCUT2D eigenvalue weighted by molar-refractivity contribution is 0.126. The van der Waals surface area contributed by atoms with Gasteiger partial charge in [-0.2, -0.15) is 4.98 Å². The monoisotopic (exact) mass is 273 g/mol. The predicted octanol–water partition coefficient (Wildman–Crippen LogP) is 2.48. The van der Waals surface area contributed by atoms with E-state index < -0.39 is 0 Å². The van der Waals surface area contributed by atoms with Gasteiger partial charge in [0, 0.05) is 7.11 Å². The first-order valence-corrected chi connectivity index (χ1v) is 6.94. The zero-order chi connectivity index (χ0) is 13.9. The van der Waals surface area contributed by atoms with Gasteiger partial charge in [0.1, 0.15) is 6.10 Å². The van der Waals surface area contributed by atoms with Crippen LogP contribution in [0.25, 0.3) is 0 Å². The number of hydrogen-bond donors (Lipinski definition) is 1. The summed E-state index contributed by atoms with van der Waals surface area (Å²) < 4.78 is 10.9. The summed E-state index contributed by atoms with van der Waals surface area (Å²) in [6.45, 7) is 3.19. The Bertz CT molecular complexity index is 555. The highest BCUT2D eigenvalue weighted by molar-refractivity contribution is 5.22. The molecule has 1 aromatic carbocycles. The molecule has 0 radical (unpaired) electrons. The normalized spacial score (nSPS) is 23.9. The smallest absolute Gasteiger partial charge is 0.244 e. The van der Waals surface area contributed by atoms with Crippen LogP contribution in [0.2, 0.25) is 0 Å². The molecule has 5 nitrogen and oxygen atoms in total. The maximum Gasteiger partial charge on any atom is 0.244 e. The lowest BCUT2D eigenvalue weighted by Gasteiger charge is -2.11. The minimum atomic E-state index is -0.287. The molecule has 0 amide bonds. The second-order valence-corrected chi connectivity index (χ2v) is 5.21. The highest BCUT2D eigenvalue weighted by atomic mass is 16.5. The largest absolute Gasteiger partial charge is 0.369 e. The van der Waals surface area contributed by atoms with E-state index in [1.165, 1.54) is 0 Å². The van der Waals surface area contributed by atoms with Gasteiger partial charge in [-0.25, -0.2) is 0 Å². The molecule has 0 saturated carbocycles. The van der Waals surface area contributed by atoms with Crippen molar-refractivity contribution in [3.8, 4) is 0 Å². The summed E-state index contributed by atoms with van der Waals surface area (Å²) in [6, 6.07) is 10.1. The standard InChI is InChI=1S/C15H19N3O2/c1-10-8-9-16-12(10)15-17-14(18-20-15)13(19-2)11-6-4-3-5-7-11/h3-7,10,12-13,16H,8-9H2,1-2H3. The van der Waals surface area contributed by atoms with E-state index >= 15 is 0 Å². The molecule has 1 fully saturated rings. The van der Waals surface area contributed by atoms with Gasteiger partial charge < -0.3 is 14.6 Å². The minimum absolute atomic E-state index is 0.157. The molecule has 5 heteroatoms. The second-order valence-electron chi connectivity index (χ2n) is 5.21. The molecule has 3 unspecified atom stereocenters. The molecule has 0 spiro atoms. The summed E-state index contributed by atoms with van der Waals surface area (Å²) in [5.41, 5.74) is 1.02. The molecule has 0 aliphatic carbocycles. The molecular weight excluding hydrogens is 254 g/mol. The van der Waals surface area contributed by atoms with Crippen molar-refractivity contribution >= 4 is 0 Å². The fraction of sp³-hybridized carbons (Fsp3) is 0.467. The Hall–Kier alpha value is -1.72. The third-order valence-corrected chi connectivity index (χ3v) is 3.83. The number of aromatic nitrogens is 2. The average molecular weight is 273 g/mol. The van der Waals surface area contributed by atoms with Crippen LogP contribution >= 0.6 is 0 Å². The lowest BCUT2D eigenvalue weighted by Crippen LogP contribution is -2.17. The van der Waals surface area contributed by atoms with Gasteiger partial charge in [0.2, 0.25) is 11.7 Å². The van der Waals surface area contributed by atoms with Crippen LogP contribution in [0.5, 0.6) is 0 Å². The molecule has 1 aliphatic heterocycles. The van der Waals surface area contributed by atoms with Gasteiger partial charge in [-0.3, -0.25) is 0 Å². The second kappa shape index (κ2) is 5.73. The Balaban J connectivity index is 1.85. The van der Waals surface area contributed by atoms with Crippen LogP contribution in [-0.2, 0) is 4.74 Å². The number of rotatable bonds is 4. The number of methoxy groups -OCH3 is 1. The van der Waals surface area contributed by atoms with E-state index in [9.17, 15) is 0 Å². The third-order valence-electron chi connectivity index (χ3n) is 3.83. The van der Waals surface area contributed by atoms with E-state index in [1.54, 1.807) is 7.11 Å². The van der Waals surface area contributed by atoms with E-state index in [0.717, 1.165) is 18.5 Å². The molecule has 20 heavy (non-hydrogen) atoms. The SMILES string of the molecule is COC(c1ccccc1)c1noc(C2NCCC2C)n1. The van der Waals surface area contributed by atoms with Gasteiger partial charge >= 0.3 is 0 Å². The van der Waals surface area contributed by atoms with Crippen LogP contribution < -0.4 is 5.32 Å². The van der Waals surface area contributed by atoms with Crippen molar-refractivity contribution < 1.29 is 9.26 Å². The molecule has 0 bridgehead atoms. The molecule has 106 valence electrons. The van der Waals surface area contributed by atoms with Crippen LogP contribution in [0, 0.1) is 5.92 Å². The van der Waals surface area contributed by atoms with Crippen molar-refractivity contribution in [1.82, 2.24) is 15.5 Å². The van der Waals surface area contributed by atoms with Crippen molar-refractivity contribution in [1.29, 1.82) is 0 Å². The Labute approximate surface area is 118 Å². The van der Waals surface area contributed by atoms with Crippen LogP contribution in [0.3, 0.4) is 0 Å². The van der Waals surface area contributed by atoms with Gasteiger partial charge in [-0.15, -0.1) is 0 Å². The first-order chi connectivity index (χ1) is 9.79. The molecule has 1 saturated heterocycles. The number of nitrogens with zero attached hydrogens (tertiary/aromatic N) is 2. The van der Waals surface area contributed by atoms with E-state index in [-0.39, 0.29) is 12.1 Å². The molecule has 1 aliphatic rings. The van der Waals surface area contributed by atoms with E-state index in [2.05, 4.69) is 22.4 Å². The molecule has 1 N–H and O–H groups in total. The van der Waals surface area contributed by atoms with Gasteiger partial charge in [0.15, 0.2) is 0 Å². The number of ether oxygens (including phenoxy) is 1. The fourth-order valence-corrected chi connectivity index (χ4v) is 2.66. The highest BCUT2D eigenvalue weighted by Crippen LogP contribution is 2.30. The van der Waals surface area contributed by atoms with Crippen molar-refractivity contribution in [2.24, 2.45) is 5.92 Å². The molecule has 2 heterocycles. The van der Waals surface area contributed by atoms with Crippen molar-refractivity contribution in [3.63, 3.8) is 0 Å². The van der Waals surface area contributed by atoms with Crippen LogP contribution in [0.15, 0.2) is 34.9 Å². The predicted molar refractivity (Wildman–Crippen MR) is 74.1 cm³/mol. The molecule has 3 atom stereocenters. The lowest BCUT2D eigenvalue weighted by atomic mass is 10.0. The maximum absolute atomic E-state index is 5.52. The Morgan fingerprint density at radius 1 is 1.35 bits per heavy atom. The topological polar surface area (TPSA) is 60.2 Å². The summed E-state index contributed by atoms with van der Waals surface area (Å²) >= 11 is 0. The van der Waals surface area contributed by atoms with Crippen LogP contribution in [0.4, 0.5) is 0 Å².